The van der Waals surface area contributed by atoms with E-state index in [0.717, 1.165) is 12.8 Å². The average molecular weight is 272 g/mol. The first-order chi connectivity index (χ1) is 8.54. The van der Waals surface area contributed by atoms with Gasteiger partial charge in [0.25, 0.3) is 5.91 Å². The number of nitrogens with one attached hydrogen (secondary N) is 1. The molecule has 0 saturated carbocycles. The lowest BCUT2D eigenvalue weighted by atomic mass is 10.1. The summed E-state index contributed by atoms with van der Waals surface area (Å²) in [5.41, 5.74) is 6.23. The predicted molar refractivity (Wildman–Crippen MR) is 71.5 cm³/mol. The zero-order valence-corrected chi connectivity index (χ0v) is 11.1. The SMILES string of the molecule is CC(CO)CCCNC(=O)c1cc(N)cnc1Cl. The number of rotatable bonds is 6. The van der Waals surface area contributed by atoms with Crippen LogP contribution < -0.4 is 11.1 Å². The van der Waals surface area contributed by atoms with Gasteiger partial charge in [0.2, 0.25) is 0 Å². The third kappa shape index (κ3) is 4.50. The highest BCUT2D eigenvalue weighted by atomic mass is 35.5. The molecule has 1 rings (SSSR count). The van der Waals surface area contributed by atoms with Crippen molar-refractivity contribution in [3.05, 3.63) is 23.0 Å². The molecule has 0 fully saturated rings. The Morgan fingerprint density at radius 2 is 2.39 bits per heavy atom. The van der Waals surface area contributed by atoms with E-state index >= 15 is 0 Å². The van der Waals surface area contributed by atoms with Crippen molar-refractivity contribution in [2.75, 3.05) is 18.9 Å². The molecule has 4 N–H and O–H groups in total. The van der Waals surface area contributed by atoms with Crippen molar-refractivity contribution in [1.29, 1.82) is 0 Å². The lowest BCUT2D eigenvalue weighted by Gasteiger charge is -2.09. The molecule has 1 unspecified atom stereocenters. The van der Waals surface area contributed by atoms with Gasteiger partial charge < -0.3 is 16.2 Å². The topological polar surface area (TPSA) is 88.2 Å². The fourth-order valence-electron chi connectivity index (χ4n) is 1.46. The van der Waals surface area contributed by atoms with Gasteiger partial charge in [-0.2, -0.15) is 0 Å². The van der Waals surface area contributed by atoms with E-state index in [1.54, 1.807) is 0 Å². The van der Waals surface area contributed by atoms with Gasteiger partial charge in [0.1, 0.15) is 5.15 Å². The summed E-state index contributed by atoms with van der Waals surface area (Å²) < 4.78 is 0. The average Bonchev–Trinajstić information content (AvgIpc) is 2.36. The molecule has 0 bridgehead atoms. The van der Waals surface area contributed by atoms with E-state index in [1.807, 2.05) is 6.92 Å². The van der Waals surface area contributed by atoms with E-state index in [9.17, 15) is 4.79 Å². The van der Waals surface area contributed by atoms with Crippen LogP contribution in [-0.4, -0.2) is 29.1 Å². The molecule has 6 heteroatoms. The van der Waals surface area contributed by atoms with E-state index in [-0.39, 0.29) is 29.1 Å². The fraction of sp³-hybridized carbons (Fsp3) is 0.500. The summed E-state index contributed by atoms with van der Waals surface area (Å²) in [6, 6.07) is 1.50. The number of amides is 1. The smallest absolute Gasteiger partial charge is 0.254 e. The second-order valence-electron chi connectivity index (χ2n) is 4.29. The summed E-state index contributed by atoms with van der Waals surface area (Å²) >= 11 is 5.82. The minimum absolute atomic E-state index is 0.144. The Hall–Kier alpha value is -1.33. The Morgan fingerprint density at radius 1 is 1.67 bits per heavy atom. The molecule has 1 atom stereocenters. The highest BCUT2D eigenvalue weighted by Gasteiger charge is 2.11. The number of nitrogens with zero attached hydrogens (tertiary/aromatic N) is 1. The Kier molecular flexibility index (Phi) is 5.88. The van der Waals surface area contributed by atoms with E-state index in [1.165, 1.54) is 12.3 Å². The fourth-order valence-corrected chi connectivity index (χ4v) is 1.65. The molecule has 0 radical (unpaired) electrons. The summed E-state index contributed by atoms with van der Waals surface area (Å²) in [7, 11) is 0. The molecular weight excluding hydrogens is 254 g/mol. The number of pyridine rings is 1. The summed E-state index contributed by atoms with van der Waals surface area (Å²) in [6.45, 7) is 2.66. The van der Waals surface area contributed by atoms with Crippen LogP contribution in [0.3, 0.4) is 0 Å². The number of hydrogen-bond donors (Lipinski definition) is 3. The number of aromatic nitrogens is 1. The van der Waals surface area contributed by atoms with Crippen LogP contribution in [0.2, 0.25) is 5.15 Å². The molecular formula is C12H18ClN3O2. The van der Waals surface area contributed by atoms with Crippen molar-refractivity contribution < 1.29 is 9.90 Å². The van der Waals surface area contributed by atoms with Crippen LogP contribution >= 0.6 is 11.6 Å². The maximum atomic E-state index is 11.8. The summed E-state index contributed by atoms with van der Waals surface area (Å²) in [5, 5.41) is 11.8. The van der Waals surface area contributed by atoms with Crippen LogP contribution in [0.25, 0.3) is 0 Å². The number of aliphatic hydroxyl groups excluding tert-OH is 1. The zero-order chi connectivity index (χ0) is 13.5. The van der Waals surface area contributed by atoms with Crippen molar-refractivity contribution in [3.8, 4) is 0 Å². The number of nitrogen functional groups attached to an aromatic ring is 1. The van der Waals surface area contributed by atoms with Crippen molar-refractivity contribution in [3.63, 3.8) is 0 Å². The van der Waals surface area contributed by atoms with E-state index in [4.69, 9.17) is 22.4 Å². The highest BCUT2D eigenvalue weighted by molar-refractivity contribution is 6.32. The molecule has 0 aliphatic heterocycles. The number of carbonyl (C=O) groups excluding carboxylic acids is 1. The summed E-state index contributed by atoms with van der Waals surface area (Å²) in [4.78, 5) is 15.6. The molecule has 5 nitrogen and oxygen atoms in total. The normalized spacial score (nSPS) is 12.2. The van der Waals surface area contributed by atoms with Gasteiger partial charge in [-0.15, -0.1) is 0 Å². The monoisotopic (exact) mass is 271 g/mol. The molecule has 1 heterocycles. The zero-order valence-electron chi connectivity index (χ0n) is 10.3. The number of halogens is 1. The maximum absolute atomic E-state index is 11.8. The first-order valence-electron chi connectivity index (χ1n) is 5.84. The molecule has 0 aromatic carbocycles. The molecule has 0 aliphatic carbocycles. The van der Waals surface area contributed by atoms with E-state index in [2.05, 4.69) is 10.3 Å². The van der Waals surface area contributed by atoms with Gasteiger partial charge in [-0.25, -0.2) is 4.98 Å². The third-order valence-electron chi connectivity index (χ3n) is 2.58. The van der Waals surface area contributed by atoms with Crippen LogP contribution in [0.5, 0.6) is 0 Å². The van der Waals surface area contributed by atoms with E-state index in [0.29, 0.717) is 12.2 Å². The van der Waals surface area contributed by atoms with Gasteiger partial charge in [0.15, 0.2) is 0 Å². The molecule has 18 heavy (non-hydrogen) atoms. The Labute approximate surface area is 111 Å². The molecule has 1 aromatic heterocycles. The second kappa shape index (κ2) is 7.18. The van der Waals surface area contributed by atoms with Gasteiger partial charge in [-0.05, 0) is 24.8 Å². The molecule has 1 aromatic rings. The van der Waals surface area contributed by atoms with Crippen LogP contribution in [0, 0.1) is 5.92 Å². The minimum Gasteiger partial charge on any atom is -0.397 e. The predicted octanol–water partition coefficient (Wildman–Crippen LogP) is 1.46. The minimum atomic E-state index is -0.281. The Balaban J connectivity index is 2.43. The molecule has 0 aliphatic rings. The molecule has 1 amide bonds. The van der Waals surface area contributed by atoms with Gasteiger partial charge in [0.05, 0.1) is 17.4 Å². The number of carbonyl (C=O) groups is 1. The van der Waals surface area contributed by atoms with Gasteiger partial charge in [-0.3, -0.25) is 4.79 Å². The number of nitrogens with two attached hydrogens (primary N) is 1. The number of hydrogen-bond acceptors (Lipinski definition) is 4. The largest absolute Gasteiger partial charge is 0.397 e. The highest BCUT2D eigenvalue weighted by Crippen LogP contribution is 2.15. The summed E-state index contributed by atoms with van der Waals surface area (Å²) in [6.07, 6.45) is 3.07. The Morgan fingerprint density at radius 3 is 3.06 bits per heavy atom. The van der Waals surface area contributed by atoms with Gasteiger partial charge in [-0.1, -0.05) is 18.5 Å². The maximum Gasteiger partial charge on any atom is 0.254 e. The van der Waals surface area contributed by atoms with Gasteiger partial charge >= 0.3 is 0 Å². The third-order valence-corrected chi connectivity index (χ3v) is 2.88. The van der Waals surface area contributed by atoms with Crippen molar-refractivity contribution >= 4 is 23.2 Å². The van der Waals surface area contributed by atoms with Crippen LogP contribution in [0.15, 0.2) is 12.3 Å². The van der Waals surface area contributed by atoms with Crippen LogP contribution in [0.4, 0.5) is 5.69 Å². The van der Waals surface area contributed by atoms with E-state index < -0.39 is 0 Å². The van der Waals surface area contributed by atoms with Crippen LogP contribution in [0.1, 0.15) is 30.1 Å². The van der Waals surface area contributed by atoms with Crippen LogP contribution in [-0.2, 0) is 0 Å². The second-order valence-corrected chi connectivity index (χ2v) is 4.65. The lowest BCUT2D eigenvalue weighted by Crippen LogP contribution is -2.25. The number of anilines is 1. The quantitative estimate of drug-likeness (QED) is 0.540. The molecule has 0 spiro atoms. The number of aliphatic hydroxyl groups is 1. The first kappa shape index (κ1) is 14.7. The molecule has 0 saturated heterocycles. The Bertz CT molecular complexity index is 412. The van der Waals surface area contributed by atoms with Gasteiger partial charge in [0, 0.05) is 13.2 Å². The van der Waals surface area contributed by atoms with Crippen molar-refractivity contribution in [1.82, 2.24) is 10.3 Å². The first-order valence-corrected chi connectivity index (χ1v) is 6.22. The molecule has 100 valence electrons. The van der Waals surface area contributed by atoms with Crippen molar-refractivity contribution in [2.45, 2.75) is 19.8 Å². The summed E-state index contributed by atoms with van der Waals surface area (Å²) in [5.74, 6) is -0.0315. The lowest BCUT2D eigenvalue weighted by molar-refractivity contribution is 0.0952. The van der Waals surface area contributed by atoms with Crippen molar-refractivity contribution in [2.24, 2.45) is 5.92 Å². The standard InChI is InChI=1S/C12H18ClN3O2/c1-8(7-17)3-2-4-15-12(18)10-5-9(14)6-16-11(10)13/h5-6,8,17H,2-4,7,14H2,1H3,(H,15,18).